The van der Waals surface area contributed by atoms with Crippen molar-refractivity contribution >= 4 is 17.3 Å². The summed E-state index contributed by atoms with van der Waals surface area (Å²) in [5.41, 5.74) is 7.60. The molecule has 0 aliphatic rings. The van der Waals surface area contributed by atoms with Gasteiger partial charge in [-0.15, -0.1) is 0 Å². The van der Waals surface area contributed by atoms with Gasteiger partial charge in [0.25, 0.3) is 5.91 Å². The molecule has 0 atom stereocenters. The van der Waals surface area contributed by atoms with Gasteiger partial charge in [0.1, 0.15) is 11.5 Å². The Kier molecular flexibility index (Phi) is 3.29. The fraction of sp³-hybridized carbons (Fsp3) is 0.0714. The van der Waals surface area contributed by atoms with Crippen LogP contribution in [0.3, 0.4) is 0 Å². The molecule has 0 bridgehead atoms. The predicted octanol–water partition coefficient (Wildman–Crippen LogP) is 2.24. The minimum Gasteiger partial charge on any atom is -0.508 e. The van der Waals surface area contributed by atoms with Crippen LogP contribution in [0.25, 0.3) is 0 Å². The lowest BCUT2D eigenvalue weighted by Crippen LogP contribution is -2.13. The number of amides is 1. The maximum Gasteiger partial charge on any atom is 0.259 e. The number of aryl methyl sites for hydroxylation is 1. The number of hydrogen-bond donors (Lipinski definition) is 4. The van der Waals surface area contributed by atoms with Crippen LogP contribution in [-0.4, -0.2) is 16.1 Å². The highest BCUT2D eigenvalue weighted by Gasteiger charge is 2.13. The molecule has 0 saturated carbocycles. The molecule has 0 fully saturated rings. The van der Waals surface area contributed by atoms with Gasteiger partial charge in [-0.1, -0.05) is 6.07 Å². The summed E-state index contributed by atoms with van der Waals surface area (Å²) in [5, 5.41) is 21.6. The quantitative estimate of drug-likeness (QED) is 0.490. The lowest BCUT2D eigenvalue weighted by atomic mass is 10.1. The summed E-state index contributed by atoms with van der Waals surface area (Å²) in [7, 11) is 0. The molecule has 0 unspecified atom stereocenters. The summed E-state index contributed by atoms with van der Waals surface area (Å²) in [6, 6.07) is 8.91. The Hall–Kier alpha value is -2.69. The molecule has 0 aliphatic heterocycles. The lowest BCUT2D eigenvalue weighted by Gasteiger charge is -2.10. The van der Waals surface area contributed by atoms with E-state index in [0.717, 1.165) is 5.56 Å². The van der Waals surface area contributed by atoms with Crippen LogP contribution in [-0.2, 0) is 0 Å². The summed E-state index contributed by atoms with van der Waals surface area (Å²) < 4.78 is 0. The standard InChI is InChI=1S/C14H14N2O3/c1-8-2-3-9(15)6-12(8)16-14(19)11-7-10(17)4-5-13(11)18/h2-7,17-18H,15H2,1H3,(H,16,19). The number of nitrogens with two attached hydrogens (primary N) is 1. The fourth-order valence-corrected chi connectivity index (χ4v) is 1.67. The highest BCUT2D eigenvalue weighted by atomic mass is 16.3. The number of carbonyl (C=O) groups excluding carboxylic acids is 1. The SMILES string of the molecule is Cc1ccc(N)cc1NC(=O)c1cc(O)ccc1O. The van der Waals surface area contributed by atoms with E-state index in [1.54, 1.807) is 18.2 Å². The van der Waals surface area contributed by atoms with Crippen molar-refractivity contribution in [2.75, 3.05) is 11.1 Å². The van der Waals surface area contributed by atoms with Crippen LogP contribution in [0.5, 0.6) is 11.5 Å². The van der Waals surface area contributed by atoms with E-state index < -0.39 is 5.91 Å². The summed E-state index contributed by atoms with van der Waals surface area (Å²) in [5.74, 6) is -0.800. The fourth-order valence-electron chi connectivity index (χ4n) is 1.67. The molecule has 5 heteroatoms. The molecule has 5 N–H and O–H groups in total. The molecule has 2 aromatic rings. The Morgan fingerprint density at radius 3 is 2.63 bits per heavy atom. The van der Waals surface area contributed by atoms with Gasteiger partial charge in [0, 0.05) is 11.4 Å². The minimum atomic E-state index is -0.512. The average molecular weight is 258 g/mol. The first-order chi connectivity index (χ1) is 8.97. The average Bonchev–Trinajstić information content (AvgIpc) is 2.36. The monoisotopic (exact) mass is 258 g/mol. The Balaban J connectivity index is 2.30. The van der Waals surface area contributed by atoms with Crippen LogP contribution >= 0.6 is 0 Å². The normalized spacial score (nSPS) is 10.2. The zero-order valence-electron chi connectivity index (χ0n) is 10.3. The summed E-state index contributed by atoms with van der Waals surface area (Å²) >= 11 is 0. The number of rotatable bonds is 2. The van der Waals surface area contributed by atoms with Gasteiger partial charge in [-0.2, -0.15) is 0 Å². The molecule has 0 aromatic heterocycles. The van der Waals surface area contributed by atoms with Crippen LogP contribution in [0.4, 0.5) is 11.4 Å². The maximum atomic E-state index is 12.0. The Morgan fingerprint density at radius 1 is 1.16 bits per heavy atom. The molecule has 2 aromatic carbocycles. The third kappa shape index (κ3) is 2.77. The number of nitrogens with one attached hydrogen (secondary N) is 1. The number of carbonyl (C=O) groups is 1. The topological polar surface area (TPSA) is 95.6 Å². The zero-order chi connectivity index (χ0) is 14.0. The molecule has 2 rings (SSSR count). The molecule has 19 heavy (non-hydrogen) atoms. The van der Waals surface area contributed by atoms with E-state index in [9.17, 15) is 15.0 Å². The number of phenolic OH excluding ortho intramolecular Hbond substituents is 2. The Bertz CT molecular complexity index is 639. The zero-order valence-corrected chi connectivity index (χ0v) is 10.3. The van der Waals surface area contributed by atoms with Crippen LogP contribution in [0.2, 0.25) is 0 Å². The van der Waals surface area contributed by atoms with Crippen LogP contribution in [0, 0.1) is 6.92 Å². The summed E-state index contributed by atoms with van der Waals surface area (Å²) in [4.78, 5) is 12.0. The highest BCUT2D eigenvalue weighted by molar-refractivity contribution is 6.06. The van der Waals surface area contributed by atoms with E-state index in [1.807, 2.05) is 6.92 Å². The molecule has 0 radical (unpaired) electrons. The molecule has 0 saturated heterocycles. The van der Waals surface area contributed by atoms with Gasteiger partial charge in [0.05, 0.1) is 5.56 Å². The van der Waals surface area contributed by atoms with E-state index in [0.29, 0.717) is 11.4 Å². The summed E-state index contributed by atoms with van der Waals surface area (Å²) in [6.07, 6.45) is 0. The number of anilines is 2. The maximum absolute atomic E-state index is 12.0. The van der Waals surface area contributed by atoms with E-state index in [1.165, 1.54) is 18.2 Å². The third-order valence-corrected chi connectivity index (χ3v) is 2.73. The van der Waals surface area contributed by atoms with Crippen molar-refractivity contribution in [1.82, 2.24) is 0 Å². The molecule has 1 amide bonds. The van der Waals surface area contributed by atoms with Gasteiger partial charge in [-0.25, -0.2) is 0 Å². The minimum absolute atomic E-state index is 0.00169. The van der Waals surface area contributed by atoms with Gasteiger partial charge in [-0.3, -0.25) is 4.79 Å². The predicted molar refractivity (Wildman–Crippen MR) is 73.3 cm³/mol. The van der Waals surface area contributed by atoms with Crippen molar-refractivity contribution in [3.8, 4) is 11.5 Å². The van der Waals surface area contributed by atoms with Gasteiger partial charge >= 0.3 is 0 Å². The molecule has 0 heterocycles. The second-order valence-corrected chi connectivity index (χ2v) is 4.23. The van der Waals surface area contributed by atoms with Gasteiger partial charge in [-0.05, 0) is 42.8 Å². The summed E-state index contributed by atoms with van der Waals surface area (Å²) in [6.45, 7) is 1.83. The number of benzene rings is 2. The first kappa shape index (κ1) is 12.8. The van der Waals surface area contributed by atoms with E-state index in [-0.39, 0.29) is 17.1 Å². The second kappa shape index (κ2) is 4.89. The van der Waals surface area contributed by atoms with Crippen molar-refractivity contribution in [3.63, 3.8) is 0 Å². The van der Waals surface area contributed by atoms with Crippen LogP contribution in [0.15, 0.2) is 36.4 Å². The second-order valence-electron chi connectivity index (χ2n) is 4.23. The third-order valence-electron chi connectivity index (χ3n) is 2.73. The Labute approximate surface area is 110 Å². The van der Waals surface area contributed by atoms with E-state index in [4.69, 9.17) is 5.73 Å². The number of nitrogen functional groups attached to an aromatic ring is 1. The largest absolute Gasteiger partial charge is 0.508 e. The van der Waals surface area contributed by atoms with E-state index in [2.05, 4.69) is 5.32 Å². The van der Waals surface area contributed by atoms with Crippen molar-refractivity contribution in [2.45, 2.75) is 6.92 Å². The van der Waals surface area contributed by atoms with Crippen molar-refractivity contribution in [3.05, 3.63) is 47.5 Å². The van der Waals surface area contributed by atoms with Gasteiger partial charge < -0.3 is 21.3 Å². The first-order valence-electron chi connectivity index (χ1n) is 5.67. The molecular weight excluding hydrogens is 244 g/mol. The number of hydrogen-bond acceptors (Lipinski definition) is 4. The first-order valence-corrected chi connectivity index (χ1v) is 5.67. The van der Waals surface area contributed by atoms with Gasteiger partial charge in [0.15, 0.2) is 0 Å². The molecule has 0 aliphatic carbocycles. The van der Waals surface area contributed by atoms with Gasteiger partial charge in [0.2, 0.25) is 0 Å². The molecule has 5 nitrogen and oxygen atoms in total. The number of aromatic hydroxyl groups is 2. The highest BCUT2D eigenvalue weighted by Crippen LogP contribution is 2.24. The van der Waals surface area contributed by atoms with Crippen LogP contribution < -0.4 is 11.1 Å². The van der Waals surface area contributed by atoms with Crippen molar-refractivity contribution < 1.29 is 15.0 Å². The van der Waals surface area contributed by atoms with Crippen LogP contribution in [0.1, 0.15) is 15.9 Å². The van der Waals surface area contributed by atoms with Crippen molar-refractivity contribution in [1.29, 1.82) is 0 Å². The smallest absolute Gasteiger partial charge is 0.259 e. The lowest BCUT2D eigenvalue weighted by molar-refractivity contribution is 0.102. The molecule has 98 valence electrons. The Morgan fingerprint density at radius 2 is 1.89 bits per heavy atom. The van der Waals surface area contributed by atoms with Crippen molar-refractivity contribution in [2.24, 2.45) is 0 Å². The number of phenols is 2. The molecular formula is C14H14N2O3. The van der Waals surface area contributed by atoms with E-state index >= 15 is 0 Å². The molecule has 0 spiro atoms.